The van der Waals surface area contributed by atoms with Crippen LogP contribution < -0.4 is 5.14 Å². The van der Waals surface area contributed by atoms with Crippen LogP contribution in [-0.4, -0.2) is 25.3 Å². The number of hydrogen-bond acceptors (Lipinski definition) is 4. The van der Waals surface area contributed by atoms with Crippen molar-refractivity contribution in [2.24, 2.45) is 5.14 Å². The van der Waals surface area contributed by atoms with Crippen molar-refractivity contribution in [3.63, 3.8) is 0 Å². The zero-order valence-corrected chi connectivity index (χ0v) is 14.3. The number of methoxy groups -OCH3 is 1. The normalized spacial score (nSPS) is 13.7. The fourth-order valence-corrected chi connectivity index (χ4v) is 2.83. The smallest absolute Gasteiger partial charge is 0.282 e. The minimum absolute atomic E-state index is 0.0895. The van der Waals surface area contributed by atoms with Gasteiger partial charge in [0, 0.05) is 0 Å². The third-order valence-corrected chi connectivity index (χ3v) is 4.51. The lowest BCUT2D eigenvalue weighted by Crippen LogP contribution is -2.12. The molecule has 6 nitrogen and oxygen atoms in total. The van der Waals surface area contributed by atoms with Gasteiger partial charge in [0.2, 0.25) is 10.0 Å². The molecule has 0 saturated carbocycles. The average Bonchev–Trinajstić information content (AvgIpc) is 3.07. The van der Waals surface area contributed by atoms with Gasteiger partial charge >= 0.3 is 0 Å². The van der Waals surface area contributed by atoms with E-state index in [1.54, 1.807) is 12.2 Å². The Morgan fingerprint density at radius 1 is 1.19 bits per heavy atom. The second-order valence-corrected chi connectivity index (χ2v) is 6.83. The van der Waals surface area contributed by atoms with Crippen molar-refractivity contribution in [3.8, 4) is 5.69 Å². The Kier molecular flexibility index (Phi) is 4.63. The Labute approximate surface area is 148 Å². The standard InChI is InChI=1S/C17H13F2N3O3S/c1-25-13-6-2-11(3-7-13)16-10-15(17(18)19)21-22(16)12-4-8-14(9-5-12)26(20,23)24/h2,4-6,8-10,17H,1H3,(H2,20,23,24). The van der Waals surface area contributed by atoms with Gasteiger partial charge in [-0.25, -0.2) is 27.0 Å². The molecule has 1 aliphatic rings. The monoisotopic (exact) mass is 377 g/mol. The molecule has 3 rings (SSSR count). The second kappa shape index (κ2) is 6.74. The van der Waals surface area contributed by atoms with Gasteiger partial charge in [-0.1, -0.05) is 5.73 Å². The maximum absolute atomic E-state index is 13.1. The van der Waals surface area contributed by atoms with Crippen LogP contribution in [0.25, 0.3) is 11.3 Å². The Hall–Kier alpha value is -2.96. The maximum atomic E-state index is 13.1. The zero-order valence-electron chi connectivity index (χ0n) is 13.5. The lowest BCUT2D eigenvalue weighted by atomic mass is 10.1. The molecule has 1 heterocycles. The quantitative estimate of drug-likeness (QED) is 0.812. The summed E-state index contributed by atoms with van der Waals surface area (Å²) in [6.45, 7) is 0. The summed E-state index contributed by atoms with van der Waals surface area (Å²) >= 11 is 0. The van der Waals surface area contributed by atoms with Gasteiger partial charge < -0.3 is 4.74 Å². The first-order chi connectivity index (χ1) is 12.3. The molecule has 0 spiro atoms. The lowest BCUT2D eigenvalue weighted by Gasteiger charge is -2.08. The Balaban J connectivity index is 2.15. The molecular formula is C17H13F2N3O3S. The summed E-state index contributed by atoms with van der Waals surface area (Å²) in [5, 5.41) is 8.98. The van der Waals surface area contributed by atoms with Gasteiger partial charge in [0.1, 0.15) is 5.69 Å². The maximum Gasteiger partial charge on any atom is 0.282 e. The van der Waals surface area contributed by atoms with Crippen molar-refractivity contribution in [2.75, 3.05) is 7.11 Å². The molecule has 0 bridgehead atoms. The van der Waals surface area contributed by atoms with Crippen LogP contribution in [0.1, 0.15) is 17.8 Å². The van der Waals surface area contributed by atoms with Crippen LogP contribution in [0.2, 0.25) is 0 Å². The van der Waals surface area contributed by atoms with Crippen molar-refractivity contribution >= 4 is 15.6 Å². The number of rotatable bonds is 5. The van der Waals surface area contributed by atoms with E-state index in [1.165, 1.54) is 42.1 Å². The summed E-state index contributed by atoms with van der Waals surface area (Å²) in [6, 6.07) is 6.66. The van der Waals surface area contributed by atoms with Gasteiger partial charge in [-0.15, -0.1) is 0 Å². The van der Waals surface area contributed by atoms with E-state index in [-0.39, 0.29) is 4.90 Å². The van der Waals surface area contributed by atoms with Crippen LogP contribution in [-0.2, 0) is 14.8 Å². The van der Waals surface area contributed by atoms with E-state index in [4.69, 9.17) is 9.88 Å². The largest absolute Gasteiger partial charge is 0.489 e. The molecule has 1 aromatic heterocycles. The van der Waals surface area contributed by atoms with Crippen molar-refractivity contribution in [1.29, 1.82) is 0 Å². The number of sulfonamides is 1. The first-order valence-electron chi connectivity index (χ1n) is 7.29. The fraction of sp³-hybridized carbons (Fsp3) is 0.118. The minimum Gasteiger partial charge on any atom is -0.489 e. The van der Waals surface area contributed by atoms with Crippen LogP contribution in [0.4, 0.5) is 8.78 Å². The number of allylic oxidation sites excluding steroid dienone is 3. The number of alkyl halides is 2. The topological polar surface area (TPSA) is 87.2 Å². The summed E-state index contributed by atoms with van der Waals surface area (Å²) in [6.07, 6.45) is 0.493. The Bertz CT molecular complexity index is 1090. The number of primary sulfonamides is 1. The van der Waals surface area contributed by atoms with E-state index in [9.17, 15) is 17.2 Å². The molecule has 26 heavy (non-hydrogen) atoms. The van der Waals surface area contributed by atoms with Crippen LogP contribution in [0.5, 0.6) is 0 Å². The third kappa shape index (κ3) is 3.51. The molecule has 2 aromatic rings. The molecule has 1 aliphatic carbocycles. The van der Waals surface area contributed by atoms with Gasteiger partial charge in [-0.2, -0.15) is 5.10 Å². The summed E-state index contributed by atoms with van der Waals surface area (Å²) in [7, 11) is -2.38. The van der Waals surface area contributed by atoms with E-state index >= 15 is 0 Å². The molecule has 0 saturated heterocycles. The summed E-state index contributed by atoms with van der Waals surface area (Å²) < 4.78 is 55.2. The molecular weight excluding hydrogens is 364 g/mol. The van der Waals surface area contributed by atoms with Crippen LogP contribution in [0, 0.1) is 0 Å². The number of hydrogen-bond donors (Lipinski definition) is 1. The van der Waals surface area contributed by atoms with E-state index in [0.29, 0.717) is 22.7 Å². The molecule has 1 aromatic carbocycles. The van der Waals surface area contributed by atoms with Gasteiger partial charge in [0.15, 0.2) is 5.76 Å². The number of nitrogens with zero attached hydrogens (tertiary/aromatic N) is 2. The first kappa shape index (κ1) is 17.8. The van der Waals surface area contributed by atoms with E-state index in [0.717, 1.165) is 0 Å². The number of nitrogens with two attached hydrogens (primary N) is 1. The summed E-state index contributed by atoms with van der Waals surface area (Å²) in [5.41, 5.74) is 6.39. The van der Waals surface area contributed by atoms with Crippen LogP contribution >= 0.6 is 0 Å². The molecule has 0 amide bonds. The highest BCUT2D eigenvalue weighted by molar-refractivity contribution is 7.89. The molecule has 0 radical (unpaired) electrons. The molecule has 0 fully saturated rings. The molecule has 134 valence electrons. The van der Waals surface area contributed by atoms with Crippen LogP contribution in [0.15, 0.2) is 64.6 Å². The number of benzene rings is 1. The highest BCUT2D eigenvalue weighted by atomic mass is 32.2. The van der Waals surface area contributed by atoms with Crippen LogP contribution in [0.3, 0.4) is 0 Å². The highest BCUT2D eigenvalue weighted by Gasteiger charge is 2.19. The van der Waals surface area contributed by atoms with Crippen molar-refractivity contribution < 1.29 is 21.9 Å². The number of aromatic nitrogens is 2. The molecule has 2 N–H and O–H groups in total. The van der Waals surface area contributed by atoms with Gasteiger partial charge in [0.25, 0.3) is 6.43 Å². The van der Waals surface area contributed by atoms with E-state index < -0.39 is 22.1 Å². The third-order valence-electron chi connectivity index (χ3n) is 3.58. The number of ether oxygens (including phenoxy) is 1. The van der Waals surface area contributed by atoms with Crippen molar-refractivity contribution in [3.05, 3.63) is 71.1 Å². The van der Waals surface area contributed by atoms with E-state index in [1.807, 2.05) is 0 Å². The average molecular weight is 377 g/mol. The lowest BCUT2D eigenvalue weighted by molar-refractivity contribution is 0.145. The summed E-state index contributed by atoms with van der Waals surface area (Å²) in [4.78, 5) is -0.0895. The van der Waals surface area contributed by atoms with E-state index in [2.05, 4.69) is 16.6 Å². The SMILES string of the molecule is COC1=C=C=C(c2cc(C(F)F)nn2-c2ccc(S(N)(=O)=O)cc2)C=C1. The summed E-state index contributed by atoms with van der Waals surface area (Å²) in [5.74, 6) is 0.450. The zero-order chi connectivity index (χ0) is 18.9. The molecule has 0 aliphatic heterocycles. The van der Waals surface area contributed by atoms with Gasteiger partial charge in [0.05, 0.1) is 29.0 Å². The minimum atomic E-state index is -3.85. The predicted molar refractivity (Wildman–Crippen MR) is 90.0 cm³/mol. The second-order valence-electron chi connectivity index (χ2n) is 5.27. The Morgan fingerprint density at radius 3 is 2.38 bits per heavy atom. The molecule has 0 atom stereocenters. The first-order valence-corrected chi connectivity index (χ1v) is 8.84. The van der Waals surface area contributed by atoms with Crippen molar-refractivity contribution in [2.45, 2.75) is 11.3 Å². The fourth-order valence-electron chi connectivity index (χ4n) is 2.31. The molecule has 0 unspecified atom stereocenters. The van der Waals surface area contributed by atoms with Gasteiger partial charge in [-0.05, 0) is 48.2 Å². The van der Waals surface area contributed by atoms with Gasteiger partial charge in [-0.3, -0.25) is 0 Å². The van der Waals surface area contributed by atoms with Crippen molar-refractivity contribution in [1.82, 2.24) is 9.78 Å². The predicted octanol–water partition coefficient (Wildman–Crippen LogP) is 2.69. The highest BCUT2D eigenvalue weighted by Crippen LogP contribution is 2.27. The number of halogens is 2. The molecule has 9 heteroatoms. The Morgan fingerprint density at radius 2 is 1.88 bits per heavy atom.